The Balaban J connectivity index is 1.00. The van der Waals surface area contributed by atoms with Gasteiger partial charge in [-0.15, -0.1) is 0 Å². The molecule has 47 heavy (non-hydrogen) atoms. The molecule has 250 valence electrons. The van der Waals surface area contributed by atoms with Crippen LogP contribution >= 0.6 is 11.6 Å². The number of nitrogens with zero attached hydrogens (tertiary/aromatic N) is 5. The number of likely N-dealkylation sites (tertiary alicyclic amines) is 2. The first kappa shape index (κ1) is 31.7. The van der Waals surface area contributed by atoms with E-state index in [0.717, 1.165) is 73.2 Å². The molecule has 0 bridgehead atoms. The number of aromatic amines is 1. The summed E-state index contributed by atoms with van der Waals surface area (Å²) in [5.41, 5.74) is 3.52. The number of urea groups is 1. The highest BCUT2D eigenvalue weighted by Gasteiger charge is 2.36. The van der Waals surface area contributed by atoms with Crippen LogP contribution in [0.3, 0.4) is 0 Å². The highest BCUT2D eigenvalue weighted by Crippen LogP contribution is 2.27. The second-order valence-corrected chi connectivity index (χ2v) is 13.5. The molecule has 4 amide bonds. The van der Waals surface area contributed by atoms with Gasteiger partial charge in [0.15, 0.2) is 6.10 Å². The summed E-state index contributed by atoms with van der Waals surface area (Å²) in [4.78, 5) is 48.7. The molecular weight excluding hydrogens is 620 g/mol. The zero-order chi connectivity index (χ0) is 32.3. The standard InChI is InChI=1S/C34H43ClN8O4/c35-28-20-23(19-25-22-37-39-31(25)28)21-30(32(44)41-12-6-26(7-13-41)40-17-10-36-11-18-40)47-34(46)42-14-8-27(9-15-42)43-16-5-24-3-1-2-4-29(24)38-33(43)45/h1-4,19-20,22,26-27,30,36H,5-18,21H2,(H,37,39)(H,38,45)/t30-/m1/s1. The number of piperidine rings is 2. The topological polar surface area (TPSA) is 126 Å². The maximum atomic E-state index is 14.0. The van der Waals surface area contributed by atoms with Gasteiger partial charge in [0, 0.05) is 88.5 Å². The highest BCUT2D eigenvalue weighted by molar-refractivity contribution is 6.35. The van der Waals surface area contributed by atoms with E-state index in [1.54, 1.807) is 11.1 Å². The molecule has 3 N–H and O–H groups in total. The minimum absolute atomic E-state index is 0.0200. The third-order valence-corrected chi connectivity index (χ3v) is 10.5. The number of hydrogen-bond acceptors (Lipinski definition) is 7. The van der Waals surface area contributed by atoms with E-state index >= 15 is 0 Å². The number of H-pyrrole nitrogens is 1. The van der Waals surface area contributed by atoms with Crippen molar-refractivity contribution in [1.82, 2.24) is 35.1 Å². The first-order chi connectivity index (χ1) is 22.9. The van der Waals surface area contributed by atoms with Crippen LogP contribution in [0.1, 0.15) is 36.8 Å². The second-order valence-electron chi connectivity index (χ2n) is 13.1. The molecule has 4 aliphatic rings. The summed E-state index contributed by atoms with van der Waals surface area (Å²) in [5, 5.41) is 14.8. The Morgan fingerprint density at radius 1 is 0.936 bits per heavy atom. The van der Waals surface area contributed by atoms with Crippen molar-refractivity contribution in [3.8, 4) is 0 Å². The Hall–Kier alpha value is -3.87. The minimum atomic E-state index is -0.980. The molecule has 13 heteroatoms. The van der Waals surface area contributed by atoms with Gasteiger partial charge in [0.2, 0.25) is 0 Å². The maximum absolute atomic E-state index is 14.0. The molecule has 12 nitrogen and oxygen atoms in total. The van der Waals surface area contributed by atoms with E-state index in [9.17, 15) is 14.4 Å². The number of rotatable bonds is 6. The first-order valence-corrected chi connectivity index (χ1v) is 17.3. The number of aromatic nitrogens is 2. The van der Waals surface area contributed by atoms with Crippen molar-refractivity contribution in [1.29, 1.82) is 0 Å². The number of halogens is 1. The van der Waals surface area contributed by atoms with Crippen molar-refractivity contribution in [3.05, 3.63) is 58.7 Å². The zero-order valence-electron chi connectivity index (χ0n) is 26.6. The van der Waals surface area contributed by atoms with Crippen LogP contribution in [0.2, 0.25) is 5.02 Å². The van der Waals surface area contributed by atoms with Crippen LogP contribution in [-0.4, -0.2) is 125 Å². The van der Waals surface area contributed by atoms with Gasteiger partial charge >= 0.3 is 12.1 Å². The Labute approximate surface area is 279 Å². The number of anilines is 1. The largest absolute Gasteiger partial charge is 0.436 e. The van der Waals surface area contributed by atoms with Crippen molar-refractivity contribution in [2.24, 2.45) is 0 Å². The number of benzene rings is 2. The molecule has 0 saturated carbocycles. The monoisotopic (exact) mass is 662 g/mol. The zero-order valence-corrected chi connectivity index (χ0v) is 27.4. The molecular formula is C34H43ClN8O4. The van der Waals surface area contributed by atoms with Crippen LogP contribution in [0.5, 0.6) is 0 Å². The van der Waals surface area contributed by atoms with Gasteiger partial charge in [-0.25, -0.2) is 9.59 Å². The molecule has 3 aromatic rings. The third kappa shape index (κ3) is 7.05. The molecule has 0 radical (unpaired) electrons. The second kappa shape index (κ2) is 14.1. The van der Waals surface area contributed by atoms with Crippen LogP contribution in [0.15, 0.2) is 42.6 Å². The lowest BCUT2D eigenvalue weighted by atomic mass is 10.00. The van der Waals surface area contributed by atoms with Gasteiger partial charge in [0.25, 0.3) is 5.91 Å². The SMILES string of the molecule is O=C(O[C@H](Cc1cc(Cl)c2[nH]ncc2c1)C(=O)N1CCC(N2CCNCC2)CC1)N1CCC(N2CCc3ccccc3NC2=O)CC1. The van der Waals surface area contributed by atoms with Crippen molar-refractivity contribution in [2.45, 2.75) is 56.7 Å². The Morgan fingerprint density at radius 3 is 2.45 bits per heavy atom. The Morgan fingerprint density at radius 2 is 1.66 bits per heavy atom. The number of nitrogens with one attached hydrogen (secondary N) is 3. The molecule has 1 aromatic heterocycles. The van der Waals surface area contributed by atoms with E-state index in [2.05, 4.69) is 25.7 Å². The molecule has 1 atom stereocenters. The molecule has 4 aliphatic heterocycles. The number of piperazine rings is 1. The summed E-state index contributed by atoms with van der Waals surface area (Å²) in [6, 6.07) is 12.0. The number of hydrogen-bond donors (Lipinski definition) is 3. The fraction of sp³-hybridized carbons (Fsp3) is 0.529. The van der Waals surface area contributed by atoms with Crippen LogP contribution in [0.4, 0.5) is 15.3 Å². The average molecular weight is 663 g/mol. The van der Waals surface area contributed by atoms with Gasteiger partial charge in [-0.2, -0.15) is 5.10 Å². The predicted molar refractivity (Wildman–Crippen MR) is 180 cm³/mol. The summed E-state index contributed by atoms with van der Waals surface area (Å²) in [7, 11) is 0. The van der Waals surface area contributed by atoms with Gasteiger partial charge in [-0.3, -0.25) is 14.8 Å². The molecule has 0 aliphatic carbocycles. The number of amides is 4. The molecule has 5 heterocycles. The van der Waals surface area contributed by atoms with E-state index in [-0.39, 0.29) is 24.4 Å². The lowest BCUT2D eigenvalue weighted by Gasteiger charge is -2.41. The van der Waals surface area contributed by atoms with Crippen molar-refractivity contribution in [2.75, 3.05) is 64.2 Å². The predicted octanol–water partition coefficient (Wildman–Crippen LogP) is 3.71. The van der Waals surface area contributed by atoms with Gasteiger partial charge in [0.1, 0.15) is 0 Å². The highest BCUT2D eigenvalue weighted by atomic mass is 35.5. The number of ether oxygens (including phenoxy) is 1. The maximum Gasteiger partial charge on any atom is 0.410 e. The summed E-state index contributed by atoms with van der Waals surface area (Å²) in [6.45, 7) is 6.85. The number of fused-ring (bicyclic) bond motifs is 2. The fourth-order valence-corrected chi connectivity index (χ4v) is 7.87. The Bertz CT molecular complexity index is 1590. The lowest BCUT2D eigenvalue weighted by molar-refractivity contribution is -0.142. The first-order valence-electron chi connectivity index (χ1n) is 16.9. The van der Waals surface area contributed by atoms with E-state index in [1.165, 1.54) is 0 Å². The number of para-hydroxylation sites is 1. The van der Waals surface area contributed by atoms with E-state index in [4.69, 9.17) is 16.3 Å². The smallest absolute Gasteiger partial charge is 0.410 e. The van der Waals surface area contributed by atoms with E-state index in [0.29, 0.717) is 56.6 Å². The molecule has 2 aromatic carbocycles. The molecule has 0 unspecified atom stereocenters. The van der Waals surface area contributed by atoms with Gasteiger partial charge in [-0.05, 0) is 61.4 Å². The summed E-state index contributed by atoms with van der Waals surface area (Å²) < 4.78 is 6.07. The molecule has 3 saturated heterocycles. The number of carbonyl (C=O) groups is 3. The van der Waals surface area contributed by atoms with E-state index in [1.807, 2.05) is 46.2 Å². The van der Waals surface area contributed by atoms with Crippen LogP contribution in [0.25, 0.3) is 10.9 Å². The summed E-state index contributed by atoms with van der Waals surface area (Å²) in [6.07, 6.45) is 4.31. The van der Waals surface area contributed by atoms with Crippen LogP contribution in [-0.2, 0) is 22.4 Å². The fourth-order valence-electron chi connectivity index (χ4n) is 7.58. The van der Waals surface area contributed by atoms with Crippen molar-refractivity contribution in [3.63, 3.8) is 0 Å². The van der Waals surface area contributed by atoms with Gasteiger partial charge in [0.05, 0.1) is 16.7 Å². The normalized spacial score (nSPS) is 20.9. The minimum Gasteiger partial charge on any atom is -0.436 e. The van der Waals surface area contributed by atoms with E-state index < -0.39 is 12.2 Å². The van der Waals surface area contributed by atoms with Crippen molar-refractivity contribution >= 4 is 46.2 Å². The van der Waals surface area contributed by atoms with Crippen LogP contribution < -0.4 is 10.6 Å². The van der Waals surface area contributed by atoms with Gasteiger partial charge in [-0.1, -0.05) is 29.8 Å². The third-order valence-electron chi connectivity index (χ3n) is 10.2. The van der Waals surface area contributed by atoms with Crippen molar-refractivity contribution < 1.29 is 19.1 Å². The lowest BCUT2D eigenvalue weighted by Crippen LogP contribution is -2.54. The molecule has 0 spiro atoms. The van der Waals surface area contributed by atoms with Gasteiger partial charge < -0.3 is 30.1 Å². The quantitative estimate of drug-likeness (QED) is 0.368. The summed E-state index contributed by atoms with van der Waals surface area (Å²) in [5.74, 6) is -0.170. The molecule has 7 rings (SSSR count). The Kier molecular flexibility index (Phi) is 9.51. The van der Waals surface area contributed by atoms with Crippen LogP contribution in [0, 0.1) is 0 Å². The summed E-state index contributed by atoms with van der Waals surface area (Å²) >= 11 is 6.53. The molecule has 3 fully saturated rings. The number of carbonyl (C=O) groups excluding carboxylic acids is 3. The average Bonchev–Trinajstić information content (AvgIpc) is 3.52.